The summed E-state index contributed by atoms with van der Waals surface area (Å²) < 4.78 is 7.30. The van der Waals surface area contributed by atoms with Crippen molar-refractivity contribution >= 4 is 11.6 Å². The molecular formula is C16H15N5O3. The van der Waals surface area contributed by atoms with E-state index < -0.39 is 0 Å². The molecule has 8 heteroatoms. The summed E-state index contributed by atoms with van der Waals surface area (Å²) in [5.41, 5.74) is 0.714. The molecule has 0 radical (unpaired) electrons. The monoisotopic (exact) mass is 325 g/mol. The summed E-state index contributed by atoms with van der Waals surface area (Å²) in [7, 11) is 0. The molecule has 3 rings (SSSR count). The number of nitrogens with one attached hydrogen (secondary N) is 2. The first-order valence-corrected chi connectivity index (χ1v) is 7.26. The molecule has 0 spiro atoms. The molecule has 0 aliphatic heterocycles. The minimum Gasteiger partial charge on any atom is -0.492 e. The Bertz CT molecular complexity index is 853. The van der Waals surface area contributed by atoms with Crippen LogP contribution in [0.2, 0.25) is 0 Å². The smallest absolute Gasteiger partial charge is 0.257 e. The topological polar surface area (TPSA) is 102 Å². The molecule has 0 unspecified atom stereocenters. The molecule has 122 valence electrons. The van der Waals surface area contributed by atoms with Gasteiger partial charge in [0.15, 0.2) is 0 Å². The van der Waals surface area contributed by atoms with Crippen molar-refractivity contribution in [2.24, 2.45) is 0 Å². The van der Waals surface area contributed by atoms with Gasteiger partial charge in [-0.05, 0) is 18.2 Å². The number of aromatic amines is 1. The molecule has 0 saturated carbocycles. The van der Waals surface area contributed by atoms with Crippen LogP contribution < -0.4 is 15.6 Å². The van der Waals surface area contributed by atoms with E-state index in [1.54, 1.807) is 35.3 Å². The zero-order valence-corrected chi connectivity index (χ0v) is 12.7. The molecule has 24 heavy (non-hydrogen) atoms. The first-order chi connectivity index (χ1) is 11.7. The molecule has 1 amide bonds. The van der Waals surface area contributed by atoms with Gasteiger partial charge >= 0.3 is 0 Å². The SMILES string of the molecule is O=C(Nc1cccc(OCCn2cncn2)c1)c1ccc(=O)[nH]c1. The fourth-order valence-electron chi connectivity index (χ4n) is 2.02. The maximum atomic E-state index is 12.1. The number of anilines is 1. The van der Waals surface area contributed by atoms with Gasteiger partial charge in [-0.2, -0.15) is 5.10 Å². The van der Waals surface area contributed by atoms with Gasteiger partial charge in [0.2, 0.25) is 5.56 Å². The van der Waals surface area contributed by atoms with Crippen LogP contribution in [0.15, 0.2) is 60.0 Å². The van der Waals surface area contributed by atoms with Crippen molar-refractivity contribution < 1.29 is 9.53 Å². The molecule has 8 nitrogen and oxygen atoms in total. The molecule has 1 aromatic carbocycles. The number of ether oxygens (including phenoxy) is 1. The zero-order valence-electron chi connectivity index (χ0n) is 12.7. The highest BCUT2D eigenvalue weighted by molar-refractivity contribution is 6.04. The van der Waals surface area contributed by atoms with Gasteiger partial charge in [0.05, 0.1) is 12.1 Å². The lowest BCUT2D eigenvalue weighted by molar-refractivity contribution is 0.102. The molecule has 0 fully saturated rings. The standard InChI is InChI=1S/C16H15N5O3/c22-15-5-4-12(9-18-15)16(23)20-13-2-1-3-14(8-13)24-7-6-21-11-17-10-19-21/h1-5,8-11H,6-7H2,(H,18,22)(H,20,23). The Morgan fingerprint density at radius 1 is 1.29 bits per heavy atom. The largest absolute Gasteiger partial charge is 0.492 e. The van der Waals surface area contributed by atoms with Crippen molar-refractivity contribution in [2.45, 2.75) is 6.54 Å². The summed E-state index contributed by atoms with van der Waals surface area (Å²) in [6.07, 6.45) is 4.45. The molecule has 0 aliphatic rings. The van der Waals surface area contributed by atoms with E-state index in [2.05, 4.69) is 20.4 Å². The highest BCUT2D eigenvalue weighted by Gasteiger charge is 2.06. The fraction of sp³-hybridized carbons (Fsp3) is 0.125. The lowest BCUT2D eigenvalue weighted by atomic mass is 10.2. The maximum Gasteiger partial charge on any atom is 0.257 e. The van der Waals surface area contributed by atoms with Gasteiger partial charge in [-0.15, -0.1) is 0 Å². The number of carbonyl (C=O) groups is 1. The van der Waals surface area contributed by atoms with E-state index >= 15 is 0 Å². The van der Waals surface area contributed by atoms with Gasteiger partial charge in [-0.25, -0.2) is 9.67 Å². The van der Waals surface area contributed by atoms with Crippen molar-refractivity contribution in [1.29, 1.82) is 0 Å². The summed E-state index contributed by atoms with van der Waals surface area (Å²) in [4.78, 5) is 29.5. The number of pyridine rings is 1. The van der Waals surface area contributed by atoms with E-state index in [0.717, 1.165) is 0 Å². The first kappa shape index (κ1) is 15.5. The van der Waals surface area contributed by atoms with E-state index in [-0.39, 0.29) is 11.5 Å². The first-order valence-electron chi connectivity index (χ1n) is 7.26. The number of amides is 1. The van der Waals surface area contributed by atoms with E-state index in [0.29, 0.717) is 30.2 Å². The highest BCUT2D eigenvalue weighted by atomic mass is 16.5. The fourth-order valence-corrected chi connectivity index (χ4v) is 2.02. The number of aromatic nitrogens is 4. The third-order valence-electron chi connectivity index (χ3n) is 3.19. The second-order valence-corrected chi connectivity index (χ2v) is 4.93. The second kappa shape index (κ2) is 7.23. The molecule has 2 N–H and O–H groups in total. The minimum absolute atomic E-state index is 0.255. The van der Waals surface area contributed by atoms with Gasteiger partial charge in [-0.3, -0.25) is 9.59 Å². The van der Waals surface area contributed by atoms with Crippen molar-refractivity contribution in [3.05, 3.63) is 71.2 Å². The molecule has 3 aromatic rings. The molecular weight excluding hydrogens is 310 g/mol. The van der Waals surface area contributed by atoms with Crippen LogP contribution in [0.4, 0.5) is 5.69 Å². The molecule has 2 heterocycles. The summed E-state index contributed by atoms with van der Waals surface area (Å²) >= 11 is 0. The summed E-state index contributed by atoms with van der Waals surface area (Å²) in [5, 5.41) is 6.74. The van der Waals surface area contributed by atoms with Crippen LogP contribution in [0.1, 0.15) is 10.4 Å². The Balaban J connectivity index is 1.59. The number of nitrogens with zero attached hydrogens (tertiary/aromatic N) is 3. The average Bonchev–Trinajstić information content (AvgIpc) is 3.09. The van der Waals surface area contributed by atoms with Crippen LogP contribution in [0.5, 0.6) is 5.75 Å². The molecule has 0 bridgehead atoms. The van der Waals surface area contributed by atoms with Gasteiger partial charge < -0.3 is 15.0 Å². The molecule has 2 aromatic heterocycles. The van der Waals surface area contributed by atoms with Crippen LogP contribution in [0, 0.1) is 0 Å². The van der Waals surface area contributed by atoms with Gasteiger partial charge in [-0.1, -0.05) is 6.07 Å². The summed E-state index contributed by atoms with van der Waals surface area (Å²) in [5.74, 6) is 0.320. The van der Waals surface area contributed by atoms with E-state index in [1.807, 2.05) is 0 Å². The molecule has 0 aliphatic carbocycles. The van der Waals surface area contributed by atoms with Crippen LogP contribution in [-0.4, -0.2) is 32.3 Å². The van der Waals surface area contributed by atoms with Crippen LogP contribution in [0.3, 0.4) is 0 Å². The predicted octanol–water partition coefficient (Wildman–Crippen LogP) is 1.30. The Morgan fingerprint density at radius 3 is 2.96 bits per heavy atom. The zero-order chi connectivity index (χ0) is 16.8. The van der Waals surface area contributed by atoms with Crippen molar-refractivity contribution in [2.75, 3.05) is 11.9 Å². The number of hydrogen-bond acceptors (Lipinski definition) is 5. The Morgan fingerprint density at radius 2 is 2.21 bits per heavy atom. The Hall–Kier alpha value is -3.42. The quantitative estimate of drug-likeness (QED) is 0.711. The lowest BCUT2D eigenvalue weighted by Gasteiger charge is -2.09. The number of rotatable bonds is 6. The van der Waals surface area contributed by atoms with Crippen LogP contribution in [-0.2, 0) is 6.54 Å². The van der Waals surface area contributed by atoms with Crippen molar-refractivity contribution in [3.63, 3.8) is 0 Å². The van der Waals surface area contributed by atoms with E-state index in [9.17, 15) is 9.59 Å². The molecule has 0 saturated heterocycles. The van der Waals surface area contributed by atoms with Crippen LogP contribution in [0.25, 0.3) is 0 Å². The van der Waals surface area contributed by atoms with Gasteiger partial charge in [0.25, 0.3) is 5.91 Å². The number of hydrogen-bond donors (Lipinski definition) is 2. The molecule has 0 atom stereocenters. The third kappa shape index (κ3) is 4.07. The highest BCUT2D eigenvalue weighted by Crippen LogP contribution is 2.18. The predicted molar refractivity (Wildman–Crippen MR) is 87.0 cm³/mol. The maximum absolute atomic E-state index is 12.1. The summed E-state index contributed by atoms with van der Waals surface area (Å²) in [6, 6.07) is 9.84. The number of benzene rings is 1. The Kier molecular flexibility index (Phi) is 4.66. The Labute approximate surface area is 137 Å². The summed E-state index contributed by atoms with van der Waals surface area (Å²) in [6.45, 7) is 1.01. The van der Waals surface area contributed by atoms with Crippen molar-refractivity contribution in [1.82, 2.24) is 19.7 Å². The minimum atomic E-state index is -0.314. The number of H-pyrrole nitrogens is 1. The lowest BCUT2D eigenvalue weighted by Crippen LogP contribution is -2.14. The van der Waals surface area contributed by atoms with E-state index in [4.69, 9.17) is 4.74 Å². The average molecular weight is 325 g/mol. The van der Waals surface area contributed by atoms with E-state index in [1.165, 1.54) is 24.7 Å². The normalized spacial score (nSPS) is 10.3. The second-order valence-electron chi connectivity index (χ2n) is 4.93. The number of carbonyl (C=O) groups excluding carboxylic acids is 1. The van der Waals surface area contributed by atoms with Gasteiger partial charge in [0.1, 0.15) is 25.0 Å². The van der Waals surface area contributed by atoms with Crippen molar-refractivity contribution in [3.8, 4) is 5.75 Å². The van der Waals surface area contributed by atoms with Gasteiger partial charge in [0, 0.05) is 24.0 Å². The third-order valence-corrected chi connectivity index (χ3v) is 3.19. The van der Waals surface area contributed by atoms with Crippen LogP contribution >= 0.6 is 0 Å².